The second-order valence-corrected chi connectivity index (χ2v) is 5.23. The number of benzene rings is 1. The van der Waals surface area contributed by atoms with E-state index in [1.807, 2.05) is 13.0 Å². The number of rotatable bonds is 4. The average molecular weight is 302 g/mol. The summed E-state index contributed by atoms with van der Waals surface area (Å²) in [5, 5.41) is 3.60. The summed E-state index contributed by atoms with van der Waals surface area (Å²) in [5.41, 5.74) is 1.01. The highest BCUT2D eigenvalue weighted by atomic mass is 16.6. The Balaban J connectivity index is 1.90. The minimum Gasteiger partial charge on any atom is -0.486 e. The molecule has 6 heteroatoms. The van der Waals surface area contributed by atoms with Gasteiger partial charge in [-0.05, 0) is 18.6 Å². The van der Waals surface area contributed by atoms with Crippen LogP contribution in [0.3, 0.4) is 0 Å². The van der Waals surface area contributed by atoms with E-state index >= 15 is 0 Å². The van der Waals surface area contributed by atoms with E-state index in [2.05, 4.69) is 10.3 Å². The first kappa shape index (κ1) is 14.4. The summed E-state index contributed by atoms with van der Waals surface area (Å²) in [7, 11) is 0. The van der Waals surface area contributed by atoms with Gasteiger partial charge in [0.25, 0.3) is 5.56 Å². The molecule has 22 heavy (non-hydrogen) atoms. The number of amides is 1. The van der Waals surface area contributed by atoms with Crippen molar-refractivity contribution in [3.63, 3.8) is 0 Å². The van der Waals surface area contributed by atoms with E-state index in [0.717, 1.165) is 11.8 Å². The van der Waals surface area contributed by atoms with Gasteiger partial charge in [0.15, 0.2) is 11.5 Å². The number of aromatic nitrogens is 1. The number of fused-ring (bicyclic) bond motifs is 2. The lowest BCUT2D eigenvalue weighted by Crippen LogP contribution is -2.26. The van der Waals surface area contributed by atoms with Crippen LogP contribution in [0, 0.1) is 0 Å². The van der Waals surface area contributed by atoms with E-state index in [1.54, 1.807) is 12.1 Å². The molecule has 0 saturated heterocycles. The Hall–Kier alpha value is -2.50. The standard InChI is InChI=1S/C16H18N2O4/c1-2-3-15(19)17-9-11-6-10-7-13-14(22-5-4-21-13)8-12(10)18-16(11)20/h6-8H,2-5,9H2,1H3,(H,17,19)(H,18,20). The molecule has 2 aromatic rings. The van der Waals surface area contributed by atoms with Crippen molar-refractivity contribution < 1.29 is 14.3 Å². The van der Waals surface area contributed by atoms with Crippen LogP contribution in [0.5, 0.6) is 11.5 Å². The van der Waals surface area contributed by atoms with E-state index in [9.17, 15) is 9.59 Å². The van der Waals surface area contributed by atoms with Gasteiger partial charge < -0.3 is 19.8 Å². The highest BCUT2D eigenvalue weighted by Gasteiger charge is 2.14. The number of hydrogen-bond acceptors (Lipinski definition) is 4. The van der Waals surface area contributed by atoms with Crippen molar-refractivity contribution in [2.45, 2.75) is 26.3 Å². The van der Waals surface area contributed by atoms with Crippen molar-refractivity contribution in [1.29, 1.82) is 0 Å². The van der Waals surface area contributed by atoms with Crippen LogP contribution in [-0.2, 0) is 11.3 Å². The first-order valence-electron chi connectivity index (χ1n) is 7.39. The fourth-order valence-corrected chi connectivity index (χ4v) is 2.43. The first-order valence-corrected chi connectivity index (χ1v) is 7.39. The van der Waals surface area contributed by atoms with Gasteiger partial charge in [-0.25, -0.2) is 0 Å². The summed E-state index contributed by atoms with van der Waals surface area (Å²) in [4.78, 5) is 26.4. The van der Waals surface area contributed by atoms with Crippen LogP contribution in [0.2, 0.25) is 0 Å². The molecule has 2 heterocycles. The molecule has 0 fully saturated rings. The highest BCUT2D eigenvalue weighted by Crippen LogP contribution is 2.33. The first-order chi connectivity index (χ1) is 10.7. The fraction of sp³-hybridized carbons (Fsp3) is 0.375. The second kappa shape index (κ2) is 6.09. The Morgan fingerprint density at radius 3 is 2.68 bits per heavy atom. The summed E-state index contributed by atoms with van der Waals surface area (Å²) in [6.07, 6.45) is 1.24. The van der Waals surface area contributed by atoms with Crippen molar-refractivity contribution >= 4 is 16.8 Å². The molecule has 0 aliphatic carbocycles. The maximum atomic E-state index is 12.1. The summed E-state index contributed by atoms with van der Waals surface area (Å²) >= 11 is 0. The Kier molecular flexibility index (Phi) is 4.00. The van der Waals surface area contributed by atoms with Crippen molar-refractivity contribution in [1.82, 2.24) is 10.3 Å². The Morgan fingerprint density at radius 1 is 1.23 bits per heavy atom. The van der Waals surface area contributed by atoms with Gasteiger partial charge >= 0.3 is 0 Å². The zero-order chi connectivity index (χ0) is 15.5. The number of carbonyl (C=O) groups excluding carboxylic acids is 1. The van der Waals surface area contributed by atoms with E-state index < -0.39 is 0 Å². The molecule has 1 aromatic carbocycles. The van der Waals surface area contributed by atoms with Gasteiger partial charge in [-0.1, -0.05) is 6.92 Å². The van der Waals surface area contributed by atoms with Crippen molar-refractivity contribution in [2.75, 3.05) is 13.2 Å². The number of nitrogens with one attached hydrogen (secondary N) is 2. The van der Waals surface area contributed by atoms with Gasteiger partial charge in [0.1, 0.15) is 13.2 Å². The fourth-order valence-electron chi connectivity index (χ4n) is 2.43. The van der Waals surface area contributed by atoms with Crippen LogP contribution < -0.4 is 20.3 Å². The molecule has 1 aromatic heterocycles. The number of ether oxygens (including phenoxy) is 2. The van der Waals surface area contributed by atoms with Crippen LogP contribution in [-0.4, -0.2) is 24.1 Å². The van der Waals surface area contributed by atoms with Gasteiger partial charge in [0.2, 0.25) is 5.91 Å². The smallest absolute Gasteiger partial charge is 0.253 e. The molecule has 0 unspecified atom stereocenters. The summed E-state index contributed by atoms with van der Waals surface area (Å²) in [5.74, 6) is 1.26. The minimum atomic E-state index is -0.207. The lowest BCUT2D eigenvalue weighted by molar-refractivity contribution is -0.121. The third kappa shape index (κ3) is 2.90. The number of carbonyl (C=O) groups is 1. The van der Waals surface area contributed by atoms with Crippen LogP contribution in [0.1, 0.15) is 25.3 Å². The predicted molar refractivity (Wildman–Crippen MR) is 82.3 cm³/mol. The third-order valence-electron chi connectivity index (χ3n) is 3.54. The van der Waals surface area contributed by atoms with Gasteiger partial charge in [-0.15, -0.1) is 0 Å². The molecule has 3 rings (SSSR count). The summed E-state index contributed by atoms with van der Waals surface area (Å²) in [6.45, 7) is 3.18. The van der Waals surface area contributed by atoms with E-state index in [-0.39, 0.29) is 18.0 Å². The maximum absolute atomic E-state index is 12.1. The summed E-state index contributed by atoms with van der Waals surface area (Å²) in [6, 6.07) is 5.39. The number of hydrogen-bond donors (Lipinski definition) is 2. The minimum absolute atomic E-state index is 0.0517. The SMILES string of the molecule is CCCC(=O)NCc1cc2cc3c(cc2[nH]c1=O)OCCO3. The monoisotopic (exact) mass is 302 g/mol. The second-order valence-electron chi connectivity index (χ2n) is 5.23. The lowest BCUT2D eigenvalue weighted by Gasteiger charge is -2.18. The molecular weight excluding hydrogens is 284 g/mol. The Bertz CT molecular complexity index is 767. The van der Waals surface area contributed by atoms with Crippen LogP contribution in [0.15, 0.2) is 23.0 Å². The quantitative estimate of drug-likeness (QED) is 0.901. The van der Waals surface area contributed by atoms with Crippen molar-refractivity contribution in [2.24, 2.45) is 0 Å². The largest absolute Gasteiger partial charge is 0.486 e. The normalized spacial score (nSPS) is 13.1. The average Bonchev–Trinajstić information content (AvgIpc) is 2.51. The molecular formula is C16H18N2O4. The maximum Gasteiger partial charge on any atom is 0.253 e. The van der Waals surface area contributed by atoms with Crippen molar-refractivity contribution in [3.05, 3.63) is 34.1 Å². The molecule has 0 radical (unpaired) electrons. The molecule has 1 aliphatic heterocycles. The third-order valence-corrected chi connectivity index (χ3v) is 3.54. The zero-order valence-electron chi connectivity index (χ0n) is 12.4. The molecule has 0 saturated carbocycles. The van der Waals surface area contributed by atoms with Crippen LogP contribution in [0.25, 0.3) is 10.9 Å². The molecule has 116 valence electrons. The Morgan fingerprint density at radius 2 is 1.95 bits per heavy atom. The molecule has 6 nitrogen and oxygen atoms in total. The number of H-pyrrole nitrogens is 1. The molecule has 2 N–H and O–H groups in total. The predicted octanol–water partition coefficient (Wildman–Crippen LogP) is 1.72. The molecule has 0 spiro atoms. The highest BCUT2D eigenvalue weighted by molar-refractivity contribution is 5.83. The molecule has 0 atom stereocenters. The van der Waals surface area contributed by atoms with Gasteiger partial charge in [-0.3, -0.25) is 9.59 Å². The topological polar surface area (TPSA) is 80.4 Å². The van der Waals surface area contributed by atoms with E-state index in [0.29, 0.717) is 42.2 Å². The summed E-state index contributed by atoms with van der Waals surface area (Å²) < 4.78 is 11.0. The van der Waals surface area contributed by atoms with Gasteiger partial charge in [-0.2, -0.15) is 0 Å². The molecule has 1 amide bonds. The lowest BCUT2D eigenvalue weighted by atomic mass is 10.1. The molecule has 0 bridgehead atoms. The number of pyridine rings is 1. The van der Waals surface area contributed by atoms with Gasteiger partial charge in [0, 0.05) is 30.0 Å². The van der Waals surface area contributed by atoms with E-state index in [1.165, 1.54) is 0 Å². The van der Waals surface area contributed by atoms with Crippen LogP contribution >= 0.6 is 0 Å². The number of aromatic amines is 1. The van der Waals surface area contributed by atoms with E-state index in [4.69, 9.17) is 9.47 Å². The van der Waals surface area contributed by atoms with Crippen LogP contribution in [0.4, 0.5) is 0 Å². The van der Waals surface area contributed by atoms with Gasteiger partial charge in [0.05, 0.1) is 5.52 Å². The Labute approximate surface area is 127 Å². The molecule has 1 aliphatic rings. The van der Waals surface area contributed by atoms with Crippen molar-refractivity contribution in [3.8, 4) is 11.5 Å². The zero-order valence-corrected chi connectivity index (χ0v) is 12.4.